The number of halogens is 3. The lowest BCUT2D eigenvalue weighted by Crippen LogP contribution is -2.04. The Labute approximate surface area is 104 Å². The average Bonchev–Trinajstić information content (AvgIpc) is 2.98. The number of aromatic nitrogens is 5. The van der Waals surface area contributed by atoms with E-state index in [1.54, 1.807) is 6.20 Å². The molecule has 3 rings (SSSR count). The van der Waals surface area contributed by atoms with Gasteiger partial charge in [-0.3, -0.25) is 0 Å². The van der Waals surface area contributed by atoms with Crippen molar-refractivity contribution in [2.45, 2.75) is 12.6 Å². The molecule has 0 aliphatic rings. The molecule has 1 aromatic carbocycles. The minimum absolute atomic E-state index is 0.317. The Hall–Kier alpha value is -2.38. The molecule has 19 heavy (non-hydrogen) atoms. The Kier molecular flexibility index (Phi) is 2.51. The highest BCUT2D eigenvalue weighted by atomic mass is 19.4. The van der Waals surface area contributed by atoms with Crippen molar-refractivity contribution in [3.05, 3.63) is 41.3 Å². The minimum atomic E-state index is -4.35. The summed E-state index contributed by atoms with van der Waals surface area (Å²) in [4.78, 5) is 2.93. The van der Waals surface area contributed by atoms with Crippen LogP contribution in [0.5, 0.6) is 0 Å². The Balaban J connectivity index is 2.05. The van der Waals surface area contributed by atoms with Gasteiger partial charge in [0, 0.05) is 23.5 Å². The van der Waals surface area contributed by atoms with Gasteiger partial charge in [-0.1, -0.05) is 5.21 Å². The van der Waals surface area contributed by atoms with E-state index in [4.69, 9.17) is 0 Å². The van der Waals surface area contributed by atoms with Crippen LogP contribution >= 0.6 is 0 Å². The van der Waals surface area contributed by atoms with Gasteiger partial charge in [0.15, 0.2) is 5.82 Å². The van der Waals surface area contributed by atoms with Crippen LogP contribution in [-0.2, 0) is 12.6 Å². The van der Waals surface area contributed by atoms with Gasteiger partial charge < -0.3 is 4.98 Å². The number of aromatic amines is 2. The van der Waals surface area contributed by atoms with E-state index >= 15 is 0 Å². The summed E-state index contributed by atoms with van der Waals surface area (Å²) in [5.74, 6) is 0.429. The van der Waals surface area contributed by atoms with Gasteiger partial charge in [-0.05, 0) is 23.8 Å². The van der Waals surface area contributed by atoms with E-state index in [2.05, 4.69) is 25.6 Å². The Morgan fingerprint density at radius 3 is 2.74 bits per heavy atom. The van der Waals surface area contributed by atoms with Crippen LogP contribution in [0.3, 0.4) is 0 Å². The molecule has 0 bridgehead atoms. The van der Waals surface area contributed by atoms with Crippen molar-refractivity contribution in [2.24, 2.45) is 0 Å². The molecule has 2 aromatic heterocycles. The Bertz CT molecular complexity index is 699. The maximum absolute atomic E-state index is 12.7. The van der Waals surface area contributed by atoms with Gasteiger partial charge in [-0.2, -0.15) is 18.4 Å². The molecule has 0 unspecified atom stereocenters. The highest BCUT2D eigenvalue weighted by Gasteiger charge is 2.30. The summed E-state index contributed by atoms with van der Waals surface area (Å²) >= 11 is 0. The third-order valence-corrected chi connectivity index (χ3v) is 2.83. The predicted octanol–water partition coefficient (Wildman–Crippen LogP) is 2.29. The van der Waals surface area contributed by atoms with Crippen molar-refractivity contribution in [1.29, 1.82) is 0 Å². The van der Waals surface area contributed by atoms with Crippen LogP contribution in [-0.4, -0.2) is 25.6 Å². The topological polar surface area (TPSA) is 70.2 Å². The number of hydrogen-bond acceptors (Lipinski definition) is 3. The van der Waals surface area contributed by atoms with Gasteiger partial charge in [0.2, 0.25) is 0 Å². The third kappa shape index (κ3) is 2.16. The van der Waals surface area contributed by atoms with Gasteiger partial charge in [-0.25, -0.2) is 0 Å². The quantitative estimate of drug-likeness (QED) is 0.748. The lowest BCUT2D eigenvalue weighted by Gasteiger charge is -2.06. The summed E-state index contributed by atoms with van der Waals surface area (Å²) in [6.45, 7) is 0. The number of fused-ring (bicyclic) bond motifs is 1. The molecule has 2 heterocycles. The highest BCUT2D eigenvalue weighted by Crippen LogP contribution is 2.32. The average molecular weight is 267 g/mol. The first kappa shape index (κ1) is 11.7. The smallest absolute Gasteiger partial charge is 0.361 e. The highest BCUT2D eigenvalue weighted by molar-refractivity contribution is 5.84. The van der Waals surface area contributed by atoms with Gasteiger partial charge >= 0.3 is 6.18 Å². The summed E-state index contributed by atoms with van der Waals surface area (Å²) in [6.07, 6.45) is -2.38. The van der Waals surface area contributed by atoms with Gasteiger partial charge in [0.05, 0.1) is 5.56 Å². The second-order valence-electron chi connectivity index (χ2n) is 4.08. The molecule has 0 radical (unpaired) electrons. The number of alkyl halides is 3. The van der Waals surface area contributed by atoms with E-state index in [1.165, 1.54) is 6.07 Å². The molecule has 0 saturated heterocycles. The molecule has 0 spiro atoms. The summed E-state index contributed by atoms with van der Waals surface area (Å²) < 4.78 is 38.0. The summed E-state index contributed by atoms with van der Waals surface area (Å²) in [5, 5.41) is 13.8. The summed E-state index contributed by atoms with van der Waals surface area (Å²) in [6, 6.07) is 3.59. The normalized spacial score (nSPS) is 12.2. The lowest BCUT2D eigenvalue weighted by atomic mass is 10.1. The van der Waals surface area contributed by atoms with Crippen molar-refractivity contribution < 1.29 is 13.2 Å². The standard InChI is InChI=1S/C11H8F3N5/c12-11(13,14)7-1-2-9-8(4-7)6(5-15-9)3-10-16-18-19-17-10/h1-2,4-5,15H,3H2,(H,16,17,18,19). The number of nitrogens with zero attached hydrogens (tertiary/aromatic N) is 3. The first-order valence-corrected chi connectivity index (χ1v) is 5.43. The van der Waals surface area contributed by atoms with Crippen LogP contribution in [0, 0.1) is 0 Å². The van der Waals surface area contributed by atoms with Crippen LogP contribution in [0.2, 0.25) is 0 Å². The molecule has 0 atom stereocenters. The molecule has 0 saturated carbocycles. The van der Waals surface area contributed by atoms with Crippen molar-refractivity contribution >= 4 is 10.9 Å². The number of H-pyrrole nitrogens is 2. The van der Waals surface area contributed by atoms with Crippen molar-refractivity contribution in [2.75, 3.05) is 0 Å². The molecule has 8 heteroatoms. The number of benzene rings is 1. The molecule has 0 aliphatic heterocycles. The van der Waals surface area contributed by atoms with Gasteiger partial charge in [-0.15, -0.1) is 10.2 Å². The molecular weight excluding hydrogens is 259 g/mol. The largest absolute Gasteiger partial charge is 0.416 e. The van der Waals surface area contributed by atoms with E-state index in [0.717, 1.165) is 12.1 Å². The molecule has 2 N–H and O–H groups in total. The monoisotopic (exact) mass is 267 g/mol. The fourth-order valence-corrected chi connectivity index (χ4v) is 1.93. The SMILES string of the molecule is FC(F)(F)c1ccc2[nH]cc(Cc3nn[nH]n3)c2c1. The molecule has 0 amide bonds. The molecule has 98 valence electrons. The van der Waals surface area contributed by atoms with Crippen LogP contribution < -0.4 is 0 Å². The molecule has 3 aromatic rings. The number of tetrazole rings is 1. The summed E-state index contributed by atoms with van der Waals surface area (Å²) in [5.41, 5.74) is 0.669. The third-order valence-electron chi connectivity index (χ3n) is 2.83. The van der Waals surface area contributed by atoms with E-state index in [0.29, 0.717) is 28.7 Å². The molecule has 5 nitrogen and oxygen atoms in total. The fraction of sp³-hybridized carbons (Fsp3) is 0.182. The second kappa shape index (κ2) is 4.08. The van der Waals surface area contributed by atoms with E-state index < -0.39 is 11.7 Å². The van der Waals surface area contributed by atoms with Crippen molar-refractivity contribution in [3.63, 3.8) is 0 Å². The number of nitrogens with one attached hydrogen (secondary N) is 2. The lowest BCUT2D eigenvalue weighted by molar-refractivity contribution is -0.137. The maximum atomic E-state index is 12.7. The Morgan fingerprint density at radius 1 is 1.21 bits per heavy atom. The van der Waals surface area contributed by atoms with Crippen molar-refractivity contribution in [3.8, 4) is 0 Å². The first-order chi connectivity index (χ1) is 9.04. The molecule has 0 fully saturated rings. The zero-order chi connectivity index (χ0) is 13.5. The second-order valence-corrected chi connectivity index (χ2v) is 4.08. The number of rotatable bonds is 2. The Morgan fingerprint density at radius 2 is 2.05 bits per heavy atom. The zero-order valence-corrected chi connectivity index (χ0v) is 9.49. The first-order valence-electron chi connectivity index (χ1n) is 5.43. The number of hydrogen-bond donors (Lipinski definition) is 2. The van der Waals surface area contributed by atoms with E-state index in [9.17, 15) is 13.2 Å². The van der Waals surface area contributed by atoms with Crippen molar-refractivity contribution in [1.82, 2.24) is 25.6 Å². The minimum Gasteiger partial charge on any atom is -0.361 e. The van der Waals surface area contributed by atoms with E-state index in [1.807, 2.05) is 0 Å². The molecule has 0 aliphatic carbocycles. The van der Waals surface area contributed by atoms with Crippen LogP contribution in [0.4, 0.5) is 13.2 Å². The van der Waals surface area contributed by atoms with Crippen LogP contribution in [0.15, 0.2) is 24.4 Å². The van der Waals surface area contributed by atoms with Crippen LogP contribution in [0.25, 0.3) is 10.9 Å². The fourth-order valence-electron chi connectivity index (χ4n) is 1.93. The summed E-state index contributed by atoms with van der Waals surface area (Å²) in [7, 11) is 0. The van der Waals surface area contributed by atoms with Gasteiger partial charge in [0.25, 0.3) is 0 Å². The predicted molar refractivity (Wildman–Crippen MR) is 60.3 cm³/mol. The molecular formula is C11H8F3N5. The maximum Gasteiger partial charge on any atom is 0.416 e. The zero-order valence-electron chi connectivity index (χ0n) is 9.49. The van der Waals surface area contributed by atoms with Crippen LogP contribution in [0.1, 0.15) is 17.0 Å². The van der Waals surface area contributed by atoms with E-state index in [-0.39, 0.29) is 0 Å². The van der Waals surface area contributed by atoms with Gasteiger partial charge in [0.1, 0.15) is 0 Å².